The van der Waals surface area contributed by atoms with Crippen molar-refractivity contribution in [1.82, 2.24) is 4.98 Å². The highest BCUT2D eigenvalue weighted by Gasteiger charge is 2.12. The van der Waals surface area contributed by atoms with E-state index in [9.17, 15) is 5.21 Å². The third kappa shape index (κ3) is 1.27. The molecule has 0 fully saturated rings. The topological polar surface area (TPSA) is 39.8 Å². The maximum atomic E-state index is 11.8. The van der Waals surface area contributed by atoms with Crippen LogP contribution in [0.1, 0.15) is 11.9 Å². The molecule has 0 aliphatic heterocycles. The van der Waals surface area contributed by atoms with E-state index in [1.54, 1.807) is 17.5 Å². The lowest BCUT2D eigenvalue weighted by molar-refractivity contribution is -0.575. The Kier molecular flexibility index (Phi) is 2.04. The normalized spacial score (nSPS) is 11.3. The number of fused-ring (bicyclic) bond motifs is 3. The molecule has 3 rings (SSSR count). The Bertz CT molecular complexity index is 675. The molecule has 0 aliphatic carbocycles. The SMILES string of the molecule is CCc1nc2c[n+]([O-])c3ccccc3c2s1. The summed E-state index contributed by atoms with van der Waals surface area (Å²) in [6.07, 6.45) is 2.47. The molecule has 3 aromatic rings. The van der Waals surface area contributed by atoms with Gasteiger partial charge in [0.2, 0.25) is 11.7 Å². The maximum Gasteiger partial charge on any atom is 0.225 e. The van der Waals surface area contributed by atoms with Gasteiger partial charge in [-0.3, -0.25) is 0 Å². The minimum Gasteiger partial charge on any atom is -0.618 e. The number of rotatable bonds is 1. The van der Waals surface area contributed by atoms with Crippen LogP contribution in [0.4, 0.5) is 0 Å². The Hall–Kier alpha value is -1.68. The Morgan fingerprint density at radius 3 is 3.00 bits per heavy atom. The van der Waals surface area contributed by atoms with E-state index in [0.29, 0.717) is 5.52 Å². The maximum absolute atomic E-state index is 11.8. The van der Waals surface area contributed by atoms with E-state index < -0.39 is 0 Å². The Balaban J connectivity index is 2.52. The molecule has 2 heterocycles. The van der Waals surface area contributed by atoms with E-state index in [-0.39, 0.29) is 0 Å². The number of hydrogen-bond acceptors (Lipinski definition) is 3. The lowest BCUT2D eigenvalue weighted by Gasteiger charge is -2.00. The van der Waals surface area contributed by atoms with Crippen LogP contribution in [0.15, 0.2) is 30.5 Å². The molecule has 0 radical (unpaired) electrons. The number of thiazole rings is 1. The summed E-state index contributed by atoms with van der Waals surface area (Å²) in [4.78, 5) is 4.44. The summed E-state index contributed by atoms with van der Waals surface area (Å²) in [5.74, 6) is 0. The van der Waals surface area contributed by atoms with Crippen LogP contribution in [0.2, 0.25) is 0 Å². The average Bonchev–Trinajstić information content (AvgIpc) is 2.72. The van der Waals surface area contributed by atoms with Crippen LogP contribution >= 0.6 is 11.3 Å². The van der Waals surface area contributed by atoms with Gasteiger partial charge < -0.3 is 5.21 Å². The molecule has 0 aliphatic rings. The second-order valence-corrected chi connectivity index (χ2v) is 4.73. The van der Waals surface area contributed by atoms with Gasteiger partial charge in [-0.1, -0.05) is 19.1 Å². The lowest BCUT2D eigenvalue weighted by Crippen LogP contribution is -2.26. The summed E-state index contributed by atoms with van der Waals surface area (Å²) < 4.78 is 2.01. The summed E-state index contributed by atoms with van der Waals surface area (Å²) >= 11 is 1.67. The number of hydrogen-bond donors (Lipinski definition) is 0. The molecule has 16 heavy (non-hydrogen) atoms. The van der Waals surface area contributed by atoms with Gasteiger partial charge >= 0.3 is 0 Å². The fourth-order valence-corrected chi connectivity index (χ4v) is 2.86. The summed E-state index contributed by atoms with van der Waals surface area (Å²) in [5, 5.41) is 13.8. The van der Waals surface area contributed by atoms with E-state index >= 15 is 0 Å². The fraction of sp³-hybridized carbons (Fsp3) is 0.167. The van der Waals surface area contributed by atoms with Gasteiger partial charge in [-0.25, -0.2) is 4.98 Å². The van der Waals surface area contributed by atoms with Crippen molar-refractivity contribution in [1.29, 1.82) is 0 Å². The summed E-state index contributed by atoms with van der Waals surface area (Å²) in [6, 6.07) is 7.65. The van der Waals surface area contributed by atoms with E-state index in [1.807, 2.05) is 24.3 Å². The first-order valence-electron chi connectivity index (χ1n) is 5.20. The van der Waals surface area contributed by atoms with Crippen LogP contribution < -0.4 is 4.73 Å². The first-order valence-corrected chi connectivity index (χ1v) is 6.01. The Morgan fingerprint density at radius 2 is 2.19 bits per heavy atom. The Morgan fingerprint density at radius 1 is 1.38 bits per heavy atom. The van der Waals surface area contributed by atoms with Crippen LogP contribution in [0.25, 0.3) is 21.1 Å². The molecule has 0 bridgehead atoms. The summed E-state index contributed by atoms with van der Waals surface area (Å²) in [7, 11) is 0. The van der Waals surface area contributed by atoms with E-state index in [0.717, 1.165) is 31.8 Å². The average molecular weight is 230 g/mol. The fourth-order valence-electron chi connectivity index (χ4n) is 1.85. The predicted octanol–water partition coefficient (Wildman–Crippen LogP) is 2.65. The molecule has 0 amide bonds. The van der Waals surface area contributed by atoms with Gasteiger partial charge in [0.05, 0.1) is 15.1 Å². The predicted molar refractivity (Wildman–Crippen MR) is 65.5 cm³/mol. The number of aromatic nitrogens is 2. The van der Waals surface area contributed by atoms with Gasteiger partial charge in [0, 0.05) is 6.07 Å². The summed E-state index contributed by atoms with van der Waals surface area (Å²) in [6.45, 7) is 2.07. The molecule has 0 unspecified atom stereocenters. The highest BCUT2D eigenvalue weighted by atomic mass is 32.1. The van der Waals surface area contributed by atoms with E-state index in [2.05, 4.69) is 11.9 Å². The lowest BCUT2D eigenvalue weighted by atomic mass is 10.2. The minimum atomic E-state index is 0.710. The van der Waals surface area contributed by atoms with Crippen molar-refractivity contribution in [3.05, 3.63) is 40.7 Å². The van der Waals surface area contributed by atoms with Crippen LogP contribution in [0.3, 0.4) is 0 Å². The standard InChI is InChI=1S/C12H10N2OS/c1-2-11-13-9-7-14(15)10-6-4-3-5-8(10)12(9)16-11/h3-7H,2H2,1H3. The third-order valence-corrected chi connectivity index (χ3v) is 3.87. The van der Waals surface area contributed by atoms with Crippen molar-refractivity contribution in [2.45, 2.75) is 13.3 Å². The highest BCUT2D eigenvalue weighted by molar-refractivity contribution is 7.19. The van der Waals surface area contributed by atoms with Crippen molar-refractivity contribution >= 4 is 32.5 Å². The van der Waals surface area contributed by atoms with Gasteiger partial charge in [-0.05, 0) is 12.5 Å². The zero-order valence-electron chi connectivity index (χ0n) is 8.80. The van der Waals surface area contributed by atoms with Crippen molar-refractivity contribution in [3.8, 4) is 0 Å². The molecule has 3 nitrogen and oxygen atoms in total. The molecule has 2 aromatic heterocycles. The first-order chi connectivity index (χ1) is 7.79. The highest BCUT2D eigenvalue weighted by Crippen LogP contribution is 2.28. The number of para-hydroxylation sites is 1. The Labute approximate surface area is 96.6 Å². The molecular weight excluding hydrogens is 220 g/mol. The quantitative estimate of drug-likeness (QED) is 0.476. The second kappa shape index (κ2) is 3.42. The zero-order chi connectivity index (χ0) is 11.1. The van der Waals surface area contributed by atoms with Gasteiger partial charge in [0.1, 0.15) is 5.52 Å². The number of benzene rings is 1. The van der Waals surface area contributed by atoms with Gasteiger partial charge in [-0.15, -0.1) is 11.3 Å². The monoisotopic (exact) mass is 230 g/mol. The number of pyridine rings is 1. The van der Waals surface area contributed by atoms with Crippen LogP contribution in [-0.2, 0) is 6.42 Å². The molecule has 1 aromatic carbocycles. The molecule has 0 N–H and O–H groups in total. The molecule has 0 spiro atoms. The molecule has 4 heteroatoms. The molecule has 0 saturated carbocycles. The van der Waals surface area contributed by atoms with Crippen molar-refractivity contribution in [2.75, 3.05) is 0 Å². The van der Waals surface area contributed by atoms with E-state index in [1.165, 1.54) is 0 Å². The largest absolute Gasteiger partial charge is 0.618 e. The van der Waals surface area contributed by atoms with Gasteiger partial charge in [0.25, 0.3) is 0 Å². The van der Waals surface area contributed by atoms with Gasteiger partial charge in [0.15, 0.2) is 0 Å². The van der Waals surface area contributed by atoms with Crippen LogP contribution in [0.5, 0.6) is 0 Å². The van der Waals surface area contributed by atoms with Crippen molar-refractivity contribution in [2.24, 2.45) is 0 Å². The van der Waals surface area contributed by atoms with E-state index in [4.69, 9.17) is 0 Å². The molecular formula is C12H10N2OS. The number of nitrogens with zero attached hydrogens (tertiary/aromatic N) is 2. The smallest absolute Gasteiger partial charge is 0.225 e. The van der Waals surface area contributed by atoms with Crippen molar-refractivity contribution < 1.29 is 4.73 Å². The molecule has 0 atom stereocenters. The van der Waals surface area contributed by atoms with Crippen molar-refractivity contribution in [3.63, 3.8) is 0 Å². The van der Waals surface area contributed by atoms with Gasteiger partial charge in [-0.2, -0.15) is 4.73 Å². The minimum absolute atomic E-state index is 0.710. The summed E-state index contributed by atoms with van der Waals surface area (Å²) in [5.41, 5.74) is 1.51. The van der Waals surface area contributed by atoms with Crippen LogP contribution in [0, 0.1) is 5.21 Å². The van der Waals surface area contributed by atoms with Crippen LogP contribution in [-0.4, -0.2) is 4.98 Å². The first kappa shape index (κ1) is 9.54. The number of aryl methyl sites for hydroxylation is 1. The zero-order valence-corrected chi connectivity index (χ0v) is 9.62. The third-order valence-electron chi connectivity index (χ3n) is 2.63. The molecule has 0 saturated heterocycles. The second-order valence-electron chi connectivity index (χ2n) is 3.65. The molecule has 80 valence electrons.